The summed E-state index contributed by atoms with van der Waals surface area (Å²) in [4.78, 5) is 18.1. The quantitative estimate of drug-likeness (QED) is 0.602. The first-order chi connectivity index (χ1) is 14.4. The number of halogens is 3. The molecule has 0 atom stereocenters. The highest BCUT2D eigenvalue weighted by molar-refractivity contribution is 5.97. The molecule has 1 amide bonds. The zero-order valence-electron chi connectivity index (χ0n) is 15.7. The van der Waals surface area contributed by atoms with Crippen LogP contribution in [0.1, 0.15) is 15.9 Å². The predicted molar refractivity (Wildman–Crippen MR) is 103 cm³/mol. The maximum atomic E-state index is 12.8. The Bertz CT molecular complexity index is 1020. The van der Waals surface area contributed by atoms with Gasteiger partial charge in [0.1, 0.15) is 17.6 Å². The molecule has 1 fully saturated rings. The molecule has 5 nitrogen and oxygen atoms in total. The highest BCUT2D eigenvalue weighted by Crippen LogP contribution is 2.30. The Morgan fingerprint density at radius 3 is 2.33 bits per heavy atom. The number of ether oxygens (including phenoxy) is 2. The van der Waals surface area contributed by atoms with Crippen LogP contribution in [0, 0.1) is 0 Å². The summed E-state index contributed by atoms with van der Waals surface area (Å²) in [5.74, 6) is 0.952. The molecule has 0 saturated carbocycles. The molecule has 8 heteroatoms. The molecule has 2 aromatic carbocycles. The summed E-state index contributed by atoms with van der Waals surface area (Å²) in [7, 11) is 0. The fourth-order valence-corrected chi connectivity index (χ4v) is 2.99. The van der Waals surface area contributed by atoms with Gasteiger partial charge in [-0.1, -0.05) is 30.3 Å². The lowest BCUT2D eigenvalue weighted by molar-refractivity contribution is -0.137. The van der Waals surface area contributed by atoms with Gasteiger partial charge in [0.25, 0.3) is 5.91 Å². The number of para-hydroxylation sites is 2. The van der Waals surface area contributed by atoms with Crippen LogP contribution in [0.25, 0.3) is 0 Å². The number of alkyl halides is 3. The van der Waals surface area contributed by atoms with Crippen LogP contribution in [0.5, 0.6) is 17.4 Å². The number of hydrogen-bond acceptors (Lipinski definition) is 4. The summed E-state index contributed by atoms with van der Waals surface area (Å²) in [6, 6.07) is 18.2. The van der Waals surface area contributed by atoms with Crippen molar-refractivity contribution in [2.24, 2.45) is 0 Å². The molecule has 0 unspecified atom stereocenters. The molecular formula is C22H17F3N2O3. The zero-order chi connectivity index (χ0) is 21.1. The lowest BCUT2D eigenvalue weighted by Gasteiger charge is -2.38. The van der Waals surface area contributed by atoms with E-state index in [2.05, 4.69) is 4.98 Å². The number of carbonyl (C=O) groups is 1. The van der Waals surface area contributed by atoms with Crippen LogP contribution in [0.15, 0.2) is 72.9 Å². The minimum absolute atomic E-state index is 0.0907. The Balaban J connectivity index is 1.37. The van der Waals surface area contributed by atoms with Gasteiger partial charge >= 0.3 is 6.18 Å². The van der Waals surface area contributed by atoms with Gasteiger partial charge in [-0.25, -0.2) is 4.98 Å². The summed E-state index contributed by atoms with van der Waals surface area (Å²) >= 11 is 0. The lowest BCUT2D eigenvalue weighted by Crippen LogP contribution is -2.56. The minimum Gasteiger partial charge on any atom is -0.471 e. The van der Waals surface area contributed by atoms with Crippen LogP contribution in [0.4, 0.5) is 13.2 Å². The third-order valence-corrected chi connectivity index (χ3v) is 4.57. The van der Waals surface area contributed by atoms with Gasteiger partial charge < -0.3 is 14.4 Å². The molecule has 0 N–H and O–H groups in total. The van der Waals surface area contributed by atoms with E-state index in [9.17, 15) is 18.0 Å². The largest absolute Gasteiger partial charge is 0.471 e. The van der Waals surface area contributed by atoms with Crippen molar-refractivity contribution < 1.29 is 27.4 Å². The molecule has 3 aromatic rings. The average Bonchev–Trinajstić information content (AvgIpc) is 2.71. The van der Waals surface area contributed by atoms with E-state index in [1.54, 1.807) is 41.3 Å². The van der Waals surface area contributed by atoms with E-state index in [-0.39, 0.29) is 17.9 Å². The second kappa shape index (κ2) is 8.06. The normalized spacial score (nSPS) is 14.2. The number of benzene rings is 2. The molecule has 30 heavy (non-hydrogen) atoms. The van der Waals surface area contributed by atoms with Crippen molar-refractivity contribution >= 4 is 5.91 Å². The van der Waals surface area contributed by atoms with Crippen molar-refractivity contribution in [2.75, 3.05) is 13.1 Å². The van der Waals surface area contributed by atoms with Gasteiger partial charge in [-0.05, 0) is 30.3 Å². The smallest absolute Gasteiger partial charge is 0.417 e. The highest BCUT2D eigenvalue weighted by Gasteiger charge is 2.35. The van der Waals surface area contributed by atoms with Gasteiger partial charge in [-0.15, -0.1) is 0 Å². The van der Waals surface area contributed by atoms with E-state index in [0.717, 1.165) is 12.3 Å². The van der Waals surface area contributed by atoms with Crippen molar-refractivity contribution in [1.82, 2.24) is 9.88 Å². The molecule has 1 aliphatic rings. The molecule has 0 radical (unpaired) electrons. The van der Waals surface area contributed by atoms with E-state index in [1.165, 1.54) is 6.07 Å². The standard InChI is InChI=1S/C22H17F3N2O3/c23-22(24,25)15-10-11-20(26-12-15)30-17-13-27(14-17)21(28)18-8-4-5-9-19(18)29-16-6-2-1-3-7-16/h1-12,17H,13-14H2. The van der Waals surface area contributed by atoms with Crippen molar-refractivity contribution in [3.8, 4) is 17.4 Å². The number of hydrogen-bond donors (Lipinski definition) is 0. The second-order valence-corrected chi connectivity index (χ2v) is 6.74. The third-order valence-electron chi connectivity index (χ3n) is 4.57. The van der Waals surface area contributed by atoms with Gasteiger partial charge in [0, 0.05) is 12.3 Å². The number of nitrogens with zero attached hydrogens (tertiary/aromatic N) is 2. The van der Waals surface area contributed by atoms with Crippen LogP contribution >= 0.6 is 0 Å². The second-order valence-electron chi connectivity index (χ2n) is 6.74. The highest BCUT2D eigenvalue weighted by atomic mass is 19.4. The molecule has 1 aromatic heterocycles. The van der Waals surface area contributed by atoms with Crippen LogP contribution in [-0.4, -0.2) is 35.0 Å². The maximum Gasteiger partial charge on any atom is 0.417 e. The molecule has 1 aliphatic heterocycles. The fraction of sp³-hybridized carbons (Fsp3) is 0.182. The molecular weight excluding hydrogens is 397 g/mol. The van der Waals surface area contributed by atoms with Gasteiger partial charge in [0.2, 0.25) is 5.88 Å². The van der Waals surface area contributed by atoms with Gasteiger partial charge in [0.05, 0.1) is 24.2 Å². The van der Waals surface area contributed by atoms with Crippen LogP contribution in [0.3, 0.4) is 0 Å². The molecule has 0 bridgehead atoms. The molecule has 4 rings (SSSR count). The summed E-state index contributed by atoms with van der Waals surface area (Å²) in [5.41, 5.74) is -0.414. The van der Waals surface area contributed by atoms with Crippen molar-refractivity contribution in [2.45, 2.75) is 12.3 Å². The molecule has 0 spiro atoms. The Labute approximate surface area is 170 Å². The first-order valence-electron chi connectivity index (χ1n) is 9.21. The van der Waals surface area contributed by atoms with E-state index < -0.39 is 11.7 Å². The monoisotopic (exact) mass is 414 g/mol. The number of likely N-dealkylation sites (tertiary alicyclic amines) is 1. The molecule has 2 heterocycles. The van der Waals surface area contributed by atoms with Crippen LogP contribution in [0.2, 0.25) is 0 Å². The maximum absolute atomic E-state index is 12.8. The lowest BCUT2D eigenvalue weighted by atomic mass is 10.1. The molecule has 0 aliphatic carbocycles. The Hall–Kier alpha value is -3.55. The summed E-state index contributed by atoms with van der Waals surface area (Å²) in [6.07, 6.45) is -4.05. The van der Waals surface area contributed by atoms with Crippen molar-refractivity contribution in [3.05, 3.63) is 84.1 Å². The van der Waals surface area contributed by atoms with Crippen molar-refractivity contribution in [1.29, 1.82) is 0 Å². The third kappa shape index (κ3) is 4.37. The Kier molecular flexibility index (Phi) is 5.31. The first kappa shape index (κ1) is 19.8. The predicted octanol–water partition coefficient (Wildman–Crippen LogP) is 4.80. The SMILES string of the molecule is O=C(c1ccccc1Oc1ccccc1)N1CC(Oc2ccc(C(F)(F)F)cn2)C1. The van der Waals surface area contributed by atoms with Gasteiger partial charge in [0.15, 0.2) is 0 Å². The van der Waals surface area contributed by atoms with Gasteiger partial charge in [-0.3, -0.25) is 4.79 Å². The van der Waals surface area contributed by atoms with Crippen LogP contribution in [-0.2, 0) is 6.18 Å². The Morgan fingerprint density at radius 2 is 1.67 bits per heavy atom. The molecule has 154 valence electrons. The number of rotatable bonds is 5. The molecule has 1 saturated heterocycles. The zero-order valence-corrected chi connectivity index (χ0v) is 15.7. The topological polar surface area (TPSA) is 51.7 Å². The first-order valence-corrected chi connectivity index (χ1v) is 9.21. The summed E-state index contributed by atoms with van der Waals surface area (Å²) in [5, 5.41) is 0. The average molecular weight is 414 g/mol. The van der Waals surface area contributed by atoms with Crippen LogP contribution < -0.4 is 9.47 Å². The van der Waals surface area contributed by atoms with Crippen molar-refractivity contribution in [3.63, 3.8) is 0 Å². The van der Waals surface area contributed by atoms with Gasteiger partial charge in [-0.2, -0.15) is 13.2 Å². The van der Waals surface area contributed by atoms with E-state index >= 15 is 0 Å². The summed E-state index contributed by atoms with van der Waals surface area (Å²) in [6.45, 7) is 0.614. The van der Waals surface area contributed by atoms with E-state index in [1.807, 2.05) is 18.2 Å². The number of amides is 1. The minimum atomic E-state index is -4.44. The van der Waals surface area contributed by atoms with E-state index in [0.29, 0.717) is 30.2 Å². The summed E-state index contributed by atoms with van der Waals surface area (Å²) < 4.78 is 49.2. The number of pyridine rings is 1. The fourth-order valence-electron chi connectivity index (χ4n) is 2.99. The number of aromatic nitrogens is 1. The number of carbonyl (C=O) groups excluding carboxylic acids is 1. The van der Waals surface area contributed by atoms with E-state index in [4.69, 9.17) is 9.47 Å². The Morgan fingerprint density at radius 1 is 0.967 bits per heavy atom.